The van der Waals surface area contributed by atoms with Crippen molar-refractivity contribution in [2.24, 2.45) is 7.05 Å². The second-order valence-electron chi connectivity index (χ2n) is 8.26. The standard InChI is InChI=1S/C23H23FN4O3S/c1-26-22-17-8-3-5-10-20(17)32(30,31)14-18(22)21(25-26)23(29)28-12-6-11-27(15-28)13-16-7-2-4-9-19(16)24/h2-5,7-10H,6,11-15H2,1H3. The van der Waals surface area contributed by atoms with Crippen LogP contribution in [0.2, 0.25) is 0 Å². The van der Waals surface area contributed by atoms with E-state index in [1.807, 2.05) is 4.90 Å². The maximum Gasteiger partial charge on any atom is 0.275 e. The molecule has 3 aromatic rings. The first kappa shape index (κ1) is 20.8. The van der Waals surface area contributed by atoms with Crippen LogP contribution < -0.4 is 0 Å². The Bertz CT molecular complexity index is 1320. The second-order valence-corrected chi connectivity index (χ2v) is 10.2. The number of nitrogens with zero attached hydrogens (tertiary/aromatic N) is 4. The molecular formula is C23H23FN4O3S. The first-order chi connectivity index (χ1) is 15.3. The van der Waals surface area contributed by atoms with Crippen LogP contribution in [0, 0.1) is 5.82 Å². The lowest BCUT2D eigenvalue weighted by atomic mass is 10.1. The molecule has 0 radical (unpaired) electrons. The highest BCUT2D eigenvalue weighted by Gasteiger charge is 2.36. The molecule has 3 heterocycles. The van der Waals surface area contributed by atoms with Gasteiger partial charge in [-0.15, -0.1) is 0 Å². The van der Waals surface area contributed by atoms with E-state index in [0.29, 0.717) is 42.1 Å². The molecule has 32 heavy (non-hydrogen) atoms. The van der Waals surface area contributed by atoms with E-state index in [0.717, 1.165) is 13.0 Å². The summed E-state index contributed by atoms with van der Waals surface area (Å²) in [6.07, 6.45) is 0.746. The second kappa shape index (κ2) is 7.83. The Morgan fingerprint density at radius 2 is 1.84 bits per heavy atom. The van der Waals surface area contributed by atoms with E-state index in [-0.39, 0.29) is 28.1 Å². The molecule has 9 heteroatoms. The van der Waals surface area contributed by atoms with Crippen LogP contribution in [0.3, 0.4) is 0 Å². The fourth-order valence-corrected chi connectivity index (χ4v) is 6.19. The van der Waals surface area contributed by atoms with Gasteiger partial charge in [-0.2, -0.15) is 5.10 Å². The lowest BCUT2D eigenvalue weighted by Crippen LogP contribution is -2.47. The lowest BCUT2D eigenvalue weighted by Gasteiger charge is -2.35. The fraction of sp³-hybridized carbons (Fsp3) is 0.304. The van der Waals surface area contributed by atoms with E-state index in [1.165, 1.54) is 6.07 Å². The number of benzene rings is 2. The van der Waals surface area contributed by atoms with Gasteiger partial charge in [0, 0.05) is 43.4 Å². The Morgan fingerprint density at radius 3 is 2.66 bits per heavy atom. The molecule has 0 unspecified atom stereocenters. The number of fused-ring (bicyclic) bond motifs is 3. The van der Waals surface area contributed by atoms with Crippen LogP contribution in [0.5, 0.6) is 0 Å². The predicted molar refractivity (Wildman–Crippen MR) is 117 cm³/mol. The normalized spacial score (nSPS) is 17.6. The Balaban J connectivity index is 1.44. The molecule has 7 nitrogen and oxygen atoms in total. The van der Waals surface area contributed by atoms with E-state index >= 15 is 0 Å². The van der Waals surface area contributed by atoms with Crippen molar-refractivity contribution in [1.29, 1.82) is 0 Å². The molecule has 5 rings (SSSR count). The van der Waals surface area contributed by atoms with Crippen LogP contribution in [-0.4, -0.2) is 53.7 Å². The van der Waals surface area contributed by atoms with Gasteiger partial charge in [0.1, 0.15) is 5.82 Å². The van der Waals surface area contributed by atoms with Crippen LogP contribution in [0.4, 0.5) is 4.39 Å². The van der Waals surface area contributed by atoms with Gasteiger partial charge in [0.05, 0.1) is 23.0 Å². The van der Waals surface area contributed by atoms with Crippen LogP contribution in [0.25, 0.3) is 11.3 Å². The first-order valence-electron chi connectivity index (χ1n) is 10.5. The van der Waals surface area contributed by atoms with Gasteiger partial charge in [0.15, 0.2) is 15.5 Å². The quantitative estimate of drug-likeness (QED) is 0.608. The third-order valence-corrected chi connectivity index (χ3v) is 7.77. The van der Waals surface area contributed by atoms with Crippen molar-refractivity contribution in [3.63, 3.8) is 0 Å². The maximum absolute atomic E-state index is 14.1. The smallest absolute Gasteiger partial charge is 0.275 e. The number of aryl methyl sites for hydroxylation is 1. The topological polar surface area (TPSA) is 75.5 Å². The summed E-state index contributed by atoms with van der Waals surface area (Å²) in [6.45, 7) is 2.03. The molecule has 0 spiro atoms. The van der Waals surface area contributed by atoms with Crippen molar-refractivity contribution in [3.8, 4) is 11.3 Å². The minimum absolute atomic E-state index is 0.174. The predicted octanol–water partition coefficient (Wildman–Crippen LogP) is 2.82. The number of carbonyl (C=O) groups is 1. The SMILES string of the molecule is Cn1nc(C(=O)N2CCCN(Cc3ccccc3F)C2)c2c1-c1ccccc1S(=O)(=O)C2. The summed E-state index contributed by atoms with van der Waals surface area (Å²) in [5.74, 6) is -0.811. The lowest BCUT2D eigenvalue weighted by molar-refractivity contribution is 0.0471. The van der Waals surface area contributed by atoms with Gasteiger partial charge in [-0.1, -0.05) is 36.4 Å². The van der Waals surface area contributed by atoms with Crippen molar-refractivity contribution >= 4 is 15.7 Å². The van der Waals surface area contributed by atoms with Gasteiger partial charge in [-0.05, 0) is 18.6 Å². The van der Waals surface area contributed by atoms with E-state index in [2.05, 4.69) is 5.10 Å². The van der Waals surface area contributed by atoms with Crippen molar-refractivity contribution in [1.82, 2.24) is 19.6 Å². The largest absolute Gasteiger partial charge is 0.324 e. The van der Waals surface area contributed by atoms with Gasteiger partial charge in [-0.3, -0.25) is 14.4 Å². The highest BCUT2D eigenvalue weighted by molar-refractivity contribution is 7.90. The van der Waals surface area contributed by atoms with Crippen molar-refractivity contribution < 1.29 is 17.6 Å². The molecule has 1 amide bonds. The highest BCUT2D eigenvalue weighted by atomic mass is 32.2. The average molecular weight is 455 g/mol. The Hall–Kier alpha value is -3.04. The molecule has 0 bridgehead atoms. The van der Waals surface area contributed by atoms with E-state index in [1.54, 1.807) is 59.1 Å². The number of carbonyl (C=O) groups excluding carboxylic acids is 1. The summed E-state index contributed by atoms with van der Waals surface area (Å²) < 4.78 is 41.4. The van der Waals surface area contributed by atoms with Crippen molar-refractivity contribution in [2.45, 2.75) is 23.6 Å². The minimum Gasteiger partial charge on any atom is -0.324 e. The number of amides is 1. The van der Waals surface area contributed by atoms with Gasteiger partial charge >= 0.3 is 0 Å². The summed E-state index contributed by atoms with van der Waals surface area (Å²) in [7, 11) is -1.83. The summed E-state index contributed by atoms with van der Waals surface area (Å²) in [6, 6.07) is 13.4. The van der Waals surface area contributed by atoms with E-state index in [9.17, 15) is 17.6 Å². The summed E-state index contributed by atoms with van der Waals surface area (Å²) in [4.78, 5) is 17.4. The summed E-state index contributed by atoms with van der Waals surface area (Å²) >= 11 is 0. The molecule has 2 aliphatic rings. The first-order valence-corrected chi connectivity index (χ1v) is 12.1. The molecule has 1 saturated heterocycles. The number of hydrogen-bond acceptors (Lipinski definition) is 5. The van der Waals surface area contributed by atoms with Crippen molar-refractivity contribution in [2.75, 3.05) is 19.8 Å². The van der Waals surface area contributed by atoms with Crippen LogP contribution >= 0.6 is 0 Å². The number of halogens is 1. The van der Waals surface area contributed by atoms with E-state index < -0.39 is 9.84 Å². The molecule has 0 saturated carbocycles. The zero-order valence-corrected chi connectivity index (χ0v) is 18.5. The Morgan fingerprint density at radius 1 is 1.09 bits per heavy atom. The number of hydrogen-bond donors (Lipinski definition) is 0. The number of rotatable bonds is 3. The number of sulfone groups is 1. The molecule has 0 atom stereocenters. The minimum atomic E-state index is -3.56. The number of aromatic nitrogens is 2. The van der Waals surface area contributed by atoms with Crippen LogP contribution in [0.1, 0.15) is 28.0 Å². The summed E-state index contributed by atoms with van der Waals surface area (Å²) in [5.41, 5.74) is 2.44. The molecule has 1 aromatic heterocycles. The van der Waals surface area contributed by atoms with Gasteiger partial charge in [-0.25, -0.2) is 12.8 Å². The molecule has 2 aromatic carbocycles. The molecular weight excluding hydrogens is 431 g/mol. The Kier molecular flexibility index (Phi) is 5.10. The third-order valence-electron chi connectivity index (χ3n) is 6.07. The fourth-order valence-electron chi connectivity index (χ4n) is 4.59. The molecule has 2 aliphatic heterocycles. The summed E-state index contributed by atoms with van der Waals surface area (Å²) in [5, 5.41) is 4.44. The van der Waals surface area contributed by atoms with Crippen LogP contribution in [-0.2, 0) is 29.2 Å². The molecule has 0 N–H and O–H groups in total. The van der Waals surface area contributed by atoms with Gasteiger partial charge in [0.2, 0.25) is 0 Å². The zero-order chi connectivity index (χ0) is 22.5. The third kappa shape index (κ3) is 3.51. The maximum atomic E-state index is 14.1. The Labute approximate surface area is 186 Å². The van der Waals surface area contributed by atoms with Gasteiger partial charge < -0.3 is 4.90 Å². The highest BCUT2D eigenvalue weighted by Crippen LogP contribution is 2.39. The van der Waals surface area contributed by atoms with Crippen molar-refractivity contribution in [3.05, 3.63) is 71.2 Å². The zero-order valence-electron chi connectivity index (χ0n) is 17.7. The van der Waals surface area contributed by atoms with Crippen LogP contribution in [0.15, 0.2) is 53.4 Å². The molecule has 0 aliphatic carbocycles. The van der Waals surface area contributed by atoms with E-state index in [4.69, 9.17) is 0 Å². The molecule has 166 valence electrons. The van der Waals surface area contributed by atoms with Gasteiger partial charge in [0.25, 0.3) is 5.91 Å². The molecule has 1 fully saturated rings. The average Bonchev–Trinajstić information content (AvgIpc) is 3.10. The monoisotopic (exact) mass is 454 g/mol.